The Kier molecular flexibility index (Phi) is 4.35. The van der Waals surface area contributed by atoms with Gasteiger partial charge in [-0.25, -0.2) is 0 Å². The van der Waals surface area contributed by atoms with Crippen LogP contribution in [0.5, 0.6) is 0 Å². The van der Waals surface area contributed by atoms with E-state index in [-0.39, 0.29) is 31.0 Å². The summed E-state index contributed by atoms with van der Waals surface area (Å²) in [5.74, 6) is -1.24. The third-order valence-corrected chi connectivity index (χ3v) is 4.21. The van der Waals surface area contributed by atoms with Gasteiger partial charge >= 0.3 is 5.97 Å². The maximum absolute atomic E-state index is 12.9. The van der Waals surface area contributed by atoms with E-state index in [1.807, 2.05) is 12.1 Å². The molecule has 0 saturated carbocycles. The highest BCUT2D eigenvalue weighted by Gasteiger charge is 2.27. The Morgan fingerprint density at radius 3 is 2.83 bits per heavy atom. The van der Waals surface area contributed by atoms with Crippen molar-refractivity contribution >= 4 is 22.8 Å². The molecule has 1 atom stereocenters. The van der Waals surface area contributed by atoms with Gasteiger partial charge in [0, 0.05) is 31.6 Å². The minimum atomic E-state index is -0.965. The molecule has 1 saturated heterocycles. The van der Waals surface area contributed by atoms with Gasteiger partial charge in [0.15, 0.2) is 0 Å². The van der Waals surface area contributed by atoms with Gasteiger partial charge in [0.2, 0.25) is 0 Å². The van der Waals surface area contributed by atoms with Gasteiger partial charge in [0.1, 0.15) is 0 Å². The second kappa shape index (κ2) is 6.45. The fourth-order valence-corrected chi connectivity index (χ4v) is 2.98. The maximum atomic E-state index is 12.9. The first-order chi connectivity index (χ1) is 11.5. The molecule has 1 N–H and O–H groups in total. The number of morpholine rings is 1. The summed E-state index contributed by atoms with van der Waals surface area (Å²) in [6.07, 6.45) is -0.681. The van der Waals surface area contributed by atoms with Crippen LogP contribution in [-0.4, -0.2) is 52.3 Å². The van der Waals surface area contributed by atoms with Crippen LogP contribution in [0.25, 0.3) is 10.9 Å². The molecule has 1 fully saturated rings. The number of nitrogens with zero attached hydrogens (tertiary/aromatic N) is 2. The van der Waals surface area contributed by atoms with Crippen molar-refractivity contribution < 1.29 is 19.4 Å². The molecule has 24 heavy (non-hydrogen) atoms. The number of carbonyl (C=O) groups excluding carboxylic acids is 1. The second-order valence-corrected chi connectivity index (χ2v) is 5.81. The van der Waals surface area contributed by atoms with Crippen molar-refractivity contribution in [1.82, 2.24) is 9.47 Å². The first-order valence-corrected chi connectivity index (χ1v) is 7.69. The number of amides is 1. The van der Waals surface area contributed by atoms with Gasteiger partial charge in [0.25, 0.3) is 11.5 Å². The Balaban J connectivity index is 1.95. The lowest BCUT2D eigenvalue weighted by molar-refractivity contribution is -0.141. The van der Waals surface area contributed by atoms with E-state index in [1.54, 1.807) is 24.1 Å². The smallest absolute Gasteiger partial charge is 0.306 e. The van der Waals surface area contributed by atoms with E-state index in [0.717, 1.165) is 0 Å². The molecule has 126 valence electrons. The summed E-state index contributed by atoms with van der Waals surface area (Å²) in [6.45, 7) is 0.861. The predicted octanol–water partition coefficient (Wildman–Crippen LogP) is 0.854. The third-order valence-electron chi connectivity index (χ3n) is 4.21. The van der Waals surface area contributed by atoms with Crippen LogP contribution in [-0.2, 0) is 16.6 Å². The molecule has 0 aliphatic carbocycles. The lowest BCUT2D eigenvalue weighted by atomic mass is 10.1. The number of carbonyl (C=O) groups is 2. The summed E-state index contributed by atoms with van der Waals surface area (Å²) in [4.78, 5) is 37.4. The van der Waals surface area contributed by atoms with E-state index in [9.17, 15) is 14.4 Å². The standard InChI is InChI=1S/C17H18N2O5/c1-18-14-5-3-2-4-12(14)13(9-15(18)20)17(23)19-6-7-24-11(10-19)8-16(21)22/h2-5,9,11H,6-8,10H2,1H3,(H,21,22). The number of hydrogen-bond donors (Lipinski definition) is 1. The predicted molar refractivity (Wildman–Crippen MR) is 87.1 cm³/mol. The average molecular weight is 330 g/mol. The summed E-state index contributed by atoms with van der Waals surface area (Å²) >= 11 is 0. The quantitative estimate of drug-likeness (QED) is 0.901. The topological polar surface area (TPSA) is 88.8 Å². The van der Waals surface area contributed by atoms with Crippen LogP contribution in [0, 0.1) is 0 Å². The molecule has 0 radical (unpaired) electrons. The summed E-state index contributed by atoms with van der Waals surface area (Å²) < 4.78 is 6.89. The summed E-state index contributed by atoms with van der Waals surface area (Å²) in [7, 11) is 1.66. The number of ether oxygens (including phenoxy) is 1. The van der Waals surface area contributed by atoms with Gasteiger partial charge in [-0.05, 0) is 6.07 Å². The van der Waals surface area contributed by atoms with Crippen molar-refractivity contribution in [3.8, 4) is 0 Å². The van der Waals surface area contributed by atoms with Crippen LogP contribution in [0.2, 0.25) is 0 Å². The van der Waals surface area contributed by atoms with Crippen LogP contribution in [0.15, 0.2) is 35.1 Å². The van der Waals surface area contributed by atoms with Crippen molar-refractivity contribution in [2.24, 2.45) is 7.05 Å². The molecular formula is C17H18N2O5. The number of carboxylic acids is 1. The zero-order chi connectivity index (χ0) is 17.3. The van der Waals surface area contributed by atoms with Gasteiger partial charge in [-0.2, -0.15) is 0 Å². The number of aryl methyl sites for hydroxylation is 1. The van der Waals surface area contributed by atoms with Crippen molar-refractivity contribution in [2.45, 2.75) is 12.5 Å². The highest BCUT2D eigenvalue weighted by molar-refractivity contribution is 6.06. The normalized spacial score (nSPS) is 17.9. The van der Waals surface area contributed by atoms with Gasteiger partial charge in [-0.15, -0.1) is 0 Å². The van der Waals surface area contributed by atoms with Crippen molar-refractivity contribution in [1.29, 1.82) is 0 Å². The van der Waals surface area contributed by atoms with Gasteiger partial charge in [-0.1, -0.05) is 18.2 Å². The molecule has 1 amide bonds. The third kappa shape index (κ3) is 3.03. The lowest BCUT2D eigenvalue weighted by Crippen LogP contribution is -2.46. The van der Waals surface area contributed by atoms with Crippen LogP contribution in [0.1, 0.15) is 16.8 Å². The van der Waals surface area contributed by atoms with E-state index in [1.165, 1.54) is 10.6 Å². The van der Waals surface area contributed by atoms with E-state index in [0.29, 0.717) is 23.0 Å². The number of aliphatic carboxylic acids is 1. The number of para-hydroxylation sites is 1. The van der Waals surface area contributed by atoms with Crippen molar-refractivity contribution in [3.05, 3.63) is 46.2 Å². The minimum Gasteiger partial charge on any atom is -0.481 e. The largest absolute Gasteiger partial charge is 0.481 e. The number of rotatable bonds is 3. The zero-order valence-corrected chi connectivity index (χ0v) is 13.3. The lowest BCUT2D eigenvalue weighted by Gasteiger charge is -2.32. The van der Waals surface area contributed by atoms with E-state index < -0.39 is 12.1 Å². The molecule has 1 aromatic heterocycles. The van der Waals surface area contributed by atoms with Crippen LogP contribution < -0.4 is 5.56 Å². The first-order valence-electron chi connectivity index (χ1n) is 7.69. The number of fused-ring (bicyclic) bond motifs is 1. The molecule has 0 bridgehead atoms. The van der Waals surface area contributed by atoms with Crippen LogP contribution in [0.3, 0.4) is 0 Å². The van der Waals surface area contributed by atoms with Gasteiger partial charge in [-0.3, -0.25) is 14.4 Å². The molecular weight excluding hydrogens is 312 g/mol. The van der Waals surface area contributed by atoms with Gasteiger partial charge in [0.05, 0.1) is 30.2 Å². The molecule has 2 aromatic rings. The molecule has 1 aromatic carbocycles. The molecule has 1 aliphatic heterocycles. The Hall–Kier alpha value is -2.67. The maximum Gasteiger partial charge on any atom is 0.306 e. The minimum absolute atomic E-state index is 0.152. The van der Waals surface area contributed by atoms with Crippen molar-refractivity contribution in [3.63, 3.8) is 0 Å². The highest BCUT2D eigenvalue weighted by atomic mass is 16.5. The van der Waals surface area contributed by atoms with E-state index in [2.05, 4.69) is 0 Å². The first kappa shape index (κ1) is 16.2. The fraction of sp³-hybridized carbons (Fsp3) is 0.353. The molecule has 1 unspecified atom stereocenters. The molecule has 2 heterocycles. The van der Waals surface area contributed by atoms with Crippen LogP contribution >= 0.6 is 0 Å². The molecule has 1 aliphatic rings. The van der Waals surface area contributed by atoms with Crippen molar-refractivity contribution in [2.75, 3.05) is 19.7 Å². The van der Waals surface area contributed by atoms with Crippen LogP contribution in [0.4, 0.5) is 0 Å². The number of hydrogen-bond acceptors (Lipinski definition) is 4. The monoisotopic (exact) mass is 330 g/mol. The summed E-state index contributed by atoms with van der Waals surface area (Å²) in [6, 6.07) is 8.56. The summed E-state index contributed by atoms with van der Waals surface area (Å²) in [5, 5.41) is 9.59. The summed E-state index contributed by atoms with van der Waals surface area (Å²) in [5.41, 5.74) is 0.765. The number of aromatic nitrogens is 1. The van der Waals surface area contributed by atoms with Gasteiger partial charge < -0.3 is 19.3 Å². The Morgan fingerprint density at radius 1 is 1.33 bits per heavy atom. The second-order valence-electron chi connectivity index (χ2n) is 5.81. The Bertz CT molecular complexity index is 858. The Labute approximate surface area is 138 Å². The fourth-order valence-electron chi connectivity index (χ4n) is 2.98. The van der Waals surface area contributed by atoms with E-state index >= 15 is 0 Å². The number of benzene rings is 1. The number of pyridine rings is 1. The zero-order valence-electron chi connectivity index (χ0n) is 13.3. The average Bonchev–Trinajstić information content (AvgIpc) is 2.57. The molecule has 7 nitrogen and oxygen atoms in total. The Morgan fingerprint density at radius 2 is 2.08 bits per heavy atom. The highest BCUT2D eigenvalue weighted by Crippen LogP contribution is 2.19. The molecule has 7 heteroatoms. The number of carboxylic acid groups (broad SMARTS) is 1. The SMILES string of the molecule is Cn1c(=O)cc(C(=O)N2CCOC(CC(=O)O)C2)c2ccccc21. The molecule has 0 spiro atoms. The van der Waals surface area contributed by atoms with E-state index in [4.69, 9.17) is 9.84 Å². The molecule has 3 rings (SSSR count).